The molecule has 2 N–H and O–H groups in total. The second-order valence-electron chi connectivity index (χ2n) is 4.19. The summed E-state index contributed by atoms with van der Waals surface area (Å²) < 4.78 is 5.72. The van der Waals surface area contributed by atoms with Gasteiger partial charge >= 0.3 is 0 Å². The summed E-state index contributed by atoms with van der Waals surface area (Å²) in [4.78, 5) is 23.3. The highest BCUT2D eigenvalue weighted by Gasteiger charge is 2.11. The van der Waals surface area contributed by atoms with Crippen molar-refractivity contribution in [2.24, 2.45) is 0 Å². The van der Waals surface area contributed by atoms with Crippen LogP contribution in [0.2, 0.25) is 0 Å². The van der Waals surface area contributed by atoms with E-state index in [9.17, 15) is 9.59 Å². The topological polar surface area (TPSA) is 71.3 Å². The Kier molecular flexibility index (Phi) is 4.57. The molecule has 0 aliphatic rings. The number of amides is 2. The zero-order valence-electron chi connectivity index (χ0n) is 10.8. The monoisotopic (exact) mass is 336 g/mol. The van der Waals surface area contributed by atoms with E-state index in [4.69, 9.17) is 4.42 Å². The van der Waals surface area contributed by atoms with Gasteiger partial charge in [-0.05, 0) is 52.7 Å². The van der Waals surface area contributed by atoms with Gasteiger partial charge in [0.1, 0.15) is 0 Å². The molecule has 5 nitrogen and oxygen atoms in total. The number of aryl methyl sites for hydroxylation is 1. The van der Waals surface area contributed by atoms with Gasteiger partial charge in [-0.25, -0.2) is 0 Å². The first-order valence-electron chi connectivity index (χ1n) is 5.94. The zero-order valence-corrected chi connectivity index (χ0v) is 12.4. The summed E-state index contributed by atoms with van der Waals surface area (Å²) in [6, 6.07) is 8.73. The van der Waals surface area contributed by atoms with Crippen LogP contribution in [0.3, 0.4) is 0 Å². The summed E-state index contributed by atoms with van der Waals surface area (Å²) in [7, 11) is 0. The maximum absolute atomic E-state index is 11.7. The molecule has 104 valence electrons. The molecule has 0 unspecified atom stereocenters. The normalized spacial score (nSPS) is 10.1. The van der Waals surface area contributed by atoms with E-state index in [-0.39, 0.29) is 18.2 Å². The number of hydrogen-bond acceptors (Lipinski definition) is 3. The molecule has 2 rings (SSSR count). The first-order chi connectivity index (χ1) is 9.56. The Morgan fingerprint density at radius 1 is 1.30 bits per heavy atom. The summed E-state index contributed by atoms with van der Waals surface area (Å²) in [5, 5.41) is 5.18. The van der Waals surface area contributed by atoms with Crippen LogP contribution in [0, 0.1) is 6.92 Å². The van der Waals surface area contributed by atoms with E-state index >= 15 is 0 Å². The SMILES string of the molecule is Cc1ccc(NC(=O)CNC(=O)c2ccco2)c(Br)c1. The summed E-state index contributed by atoms with van der Waals surface area (Å²) in [6.45, 7) is 1.83. The third kappa shape index (κ3) is 3.71. The number of furan rings is 1. The molecule has 0 saturated heterocycles. The van der Waals surface area contributed by atoms with Gasteiger partial charge in [-0.1, -0.05) is 6.07 Å². The minimum absolute atomic E-state index is 0.125. The van der Waals surface area contributed by atoms with E-state index in [0.717, 1.165) is 10.0 Å². The minimum atomic E-state index is -0.423. The van der Waals surface area contributed by atoms with E-state index in [1.54, 1.807) is 12.1 Å². The van der Waals surface area contributed by atoms with Crippen LogP contribution in [0.25, 0.3) is 0 Å². The molecule has 1 heterocycles. The molecule has 20 heavy (non-hydrogen) atoms. The number of benzene rings is 1. The molecule has 0 fully saturated rings. The van der Waals surface area contributed by atoms with E-state index in [1.807, 2.05) is 19.1 Å². The Hall–Kier alpha value is -2.08. The van der Waals surface area contributed by atoms with E-state index in [1.165, 1.54) is 12.3 Å². The first kappa shape index (κ1) is 14.3. The Labute approximate surface area is 124 Å². The second-order valence-corrected chi connectivity index (χ2v) is 5.05. The number of carbonyl (C=O) groups excluding carboxylic acids is 2. The number of halogens is 1. The summed E-state index contributed by atoms with van der Waals surface area (Å²) in [6.07, 6.45) is 1.40. The first-order valence-corrected chi connectivity index (χ1v) is 6.73. The van der Waals surface area contributed by atoms with Crippen molar-refractivity contribution >= 4 is 33.4 Å². The quantitative estimate of drug-likeness (QED) is 0.901. The highest BCUT2D eigenvalue weighted by atomic mass is 79.9. The molecule has 0 radical (unpaired) electrons. The molecule has 1 aromatic heterocycles. The second kappa shape index (κ2) is 6.38. The van der Waals surface area contributed by atoms with Crippen LogP contribution < -0.4 is 10.6 Å². The van der Waals surface area contributed by atoms with Crippen LogP contribution in [0.4, 0.5) is 5.69 Å². The average Bonchev–Trinajstić information content (AvgIpc) is 2.93. The van der Waals surface area contributed by atoms with Gasteiger partial charge in [-0.15, -0.1) is 0 Å². The van der Waals surface area contributed by atoms with Crippen LogP contribution in [0.5, 0.6) is 0 Å². The molecule has 0 spiro atoms. The van der Waals surface area contributed by atoms with Gasteiger partial charge in [0.2, 0.25) is 5.91 Å². The summed E-state index contributed by atoms with van der Waals surface area (Å²) in [5.74, 6) is -0.558. The number of carbonyl (C=O) groups is 2. The van der Waals surface area contributed by atoms with Crippen molar-refractivity contribution in [1.29, 1.82) is 0 Å². The molecule has 0 aliphatic carbocycles. The van der Waals surface area contributed by atoms with Crippen molar-refractivity contribution in [1.82, 2.24) is 5.32 Å². The molecule has 0 aliphatic heterocycles. The summed E-state index contributed by atoms with van der Waals surface area (Å²) in [5.41, 5.74) is 1.74. The lowest BCUT2D eigenvalue weighted by atomic mass is 10.2. The van der Waals surface area contributed by atoms with Gasteiger partial charge < -0.3 is 15.1 Å². The molecular weight excluding hydrogens is 324 g/mol. The number of hydrogen-bond donors (Lipinski definition) is 2. The van der Waals surface area contributed by atoms with Crippen molar-refractivity contribution in [3.8, 4) is 0 Å². The van der Waals surface area contributed by atoms with Crippen molar-refractivity contribution in [2.75, 3.05) is 11.9 Å². The number of nitrogens with one attached hydrogen (secondary N) is 2. The Morgan fingerprint density at radius 2 is 2.10 bits per heavy atom. The van der Waals surface area contributed by atoms with E-state index < -0.39 is 5.91 Å². The number of rotatable bonds is 4. The molecule has 6 heteroatoms. The van der Waals surface area contributed by atoms with Gasteiger partial charge in [0.15, 0.2) is 5.76 Å². The van der Waals surface area contributed by atoms with Crippen LogP contribution in [0.15, 0.2) is 45.5 Å². The third-order valence-electron chi connectivity index (χ3n) is 2.55. The highest BCUT2D eigenvalue weighted by Crippen LogP contribution is 2.23. The van der Waals surface area contributed by atoms with Crippen molar-refractivity contribution in [3.05, 3.63) is 52.4 Å². The van der Waals surface area contributed by atoms with E-state index in [2.05, 4.69) is 26.6 Å². The van der Waals surface area contributed by atoms with E-state index in [0.29, 0.717) is 5.69 Å². The molecule has 2 amide bonds. The average molecular weight is 337 g/mol. The van der Waals surface area contributed by atoms with Crippen LogP contribution >= 0.6 is 15.9 Å². The van der Waals surface area contributed by atoms with Gasteiger partial charge in [-0.3, -0.25) is 9.59 Å². The largest absolute Gasteiger partial charge is 0.459 e. The fourth-order valence-corrected chi connectivity index (χ4v) is 2.16. The van der Waals surface area contributed by atoms with Crippen LogP contribution in [-0.2, 0) is 4.79 Å². The molecule has 0 atom stereocenters. The zero-order chi connectivity index (χ0) is 14.5. The van der Waals surface area contributed by atoms with Crippen molar-refractivity contribution < 1.29 is 14.0 Å². The summed E-state index contributed by atoms with van der Waals surface area (Å²) >= 11 is 3.37. The lowest BCUT2D eigenvalue weighted by Gasteiger charge is -2.08. The molecule has 1 aromatic carbocycles. The van der Waals surface area contributed by atoms with Crippen LogP contribution in [0.1, 0.15) is 16.1 Å². The standard InChI is InChI=1S/C14H13BrN2O3/c1-9-4-5-11(10(15)7-9)17-13(18)8-16-14(19)12-3-2-6-20-12/h2-7H,8H2,1H3,(H,16,19)(H,17,18). The van der Waals surface area contributed by atoms with Crippen molar-refractivity contribution in [3.63, 3.8) is 0 Å². The molecular formula is C14H13BrN2O3. The predicted octanol–water partition coefficient (Wildman–Crippen LogP) is 2.72. The number of anilines is 1. The van der Waals surface area contributed by atoms with Crippen LogP contribution in [-0.4, -0.2) is 18.4 Å². The Morgan fingerprint density at radius 3 is 2.75 bits per heavy atom. The van der Waals surface area contributed by atoms with Crippen molar-refractivity contribution in [2.45, 2.75) is 6.92 Å². The lowest BCUT2D eigenvalue weighted by molar-refractivity contribution is -0.115. The Balaban J connectivity index is 1.88. The molecule has 0 bridgehead atoms. The van der Waals surface area contributed by atoms with Gasteiger partial charge in [-0.2, -0.15) is 0 Å². The smallest absolute Gasteiger partial charge is 0.287 e. The van der Waals surface area contributed by atoms with Gasteiger partial charge in [0, 0.05) is 4.47 Å². The fourth-order valence-electron chi connectivity index (χ4n) is 1.57. The third-order valence-corrected chi connectivity index (χ3v) is 3.21. The van der Waals surface area contributed by atoms with Gasteiger partial charge in [0.25, 0.3) is 5.91 Å². The maximum Gasteiger partial charge on any atom is 0.287 e. The lowest BCUT2D eigenvalue weighted by Crippen LogP contribution is -2.32. The molecule has 2 aromatic rings. The Bertz CT molecular complexity index is 623. The highest BCUT2D eigenvalue weighted by molar-refractivity contribution is 9.10. The fraction of sp³-hybridized carbons (Fsp3) is 0.143. The minimum Gasteiger partial charge on any atom is -0.459 e. The molecule has 0 saturated carbocycles. The maximum atomic E-state index is 11.7. The van der Waals surface area contributed by atoms with Gasteiger partial charge in [0.05, 0.1) is 18.5 Å². The predicted molar refractivity (Wildman–Crippen MR) is 78.5 cm³/mol.